The van der Waals surface area contributed by atoms with Crippen LogP contribution >= 0.6 is 11.8 Å². The van der Waals surface area contributed by atoms with Crippen LogP contribution in [-0.4, -0.2) is 31.5 Å². The summed E-state index contributed by atoms with van der Waals surface area (Å²) in [7, 11) is 0. The summed E-state index contributed by atoms with van der Waals surface area (Å²) in [5, 5.41) is 15.3. The van der Waals surface area contributed by atoms with Gasteiger partial charge >= 0.3 is 0 Å². The Hall–Kier alpha value is -3.27. The Morgan fingerprint density at radius 1 is 1.15 bits per heavy atom. The second kappa shape index (κ2) is 7.16. The molecule has 0 spiro atoms. The number of carbonyl (C=O) groups excluding carboxylic acids is 1. The van der Waals surface area contributed by atoms with Gasteiger partial charge in [0, 0.05) is 11.8 Å². The van der Waals surface area contributed by atoms with Crippen molar-refractivity contribution in [2.45, 2.75) is 5.16 Å². The quantitative estimate of drug-likeness (QED) is 0.529. The maximum absolute atomic E-state index is 13.2. The lowest BCUT2D eigenvalue weighted by molar-refractivity contribution is -0.113. The van der Waals surface area contributed by atoms with Gasteiger partial charge in [0.1, 0.15) is 5.69 Å². The van der Waals surface area contributed by atoms with Crippen molar-refractivity contribution in [3.05, 3.63) is 60.4 Å². The molecular formula is C17H11F2N5O2S. The fourth-order valence-corrected chi connectivity index (χ4v) is 3.00. The van der Waals surface area contributed by atoms with Crippen LogP contribution in [0.4, 0.5) is 14.5 Å². The summed E-state index contributed by atoms with van der Waals surface area (Å²) in [6.07, 6.45) is 1.55. The van der Waals surface area contributed by atoms with Crippen LogP contribution in [-0.2, 0) is 4.79 Å². The van der Waals surface area contributed by atoms with E-state index < -0.39 is 17.5 Å². The molecule has 0 unspecified atom stereocenters. The lowest BCUT2D eigenvalue weighted by atomic mass is 10.3. The predicted octanol–water partition coefficient (Wildman–Crippen LogP) is 3.39. The maximum atomic E-state index is 13.2. The van der Waals surface area contributed by atoms with Crippen molar-refractivity contribution >= 4 is 29.0 Å². The number of fused-ring (bicyclic) bond motifs is 1. The Morgan fingerprint density at radius 2 is 2.04 bits per heavy atom. The van der Waals surface area contributed by atoms with Crippen LogP contribution in [0.3, 0.4) is 0 Å². The molecule has 4 aromatic rings. The Bertz CT molecular complexity index is 1110. The summed E-state index contributed by atoms with van der Waals surface area (Å²) in [5.74, 6) is -1.82. The Labute approximate surface area is 155 Å². The number of benzene rings is 1. The molecule has 4 rings (SSSR count). The van der Waals surface area contributed by atoms with E-state index in [0.717, 1.165) is 23.9 Å². The molecule has 0 aliphatic rings. The van der Waals surface area contributed by atoms with Gasteiger partial charge in [-0.3, -0.25) is 4.79 Å². The first-order valence-electron chi connectivity index (χ1n) is 7.74. The molecule has 3 aromatic heterocycles. The second-order valence-corrected chi connectivity index (χ2v) is 6.36. The van der Waals surface area contributed by atoms with Gasteiger partial charge in [0.15, 0.2) is 23.0 Å². The number of nitrogens with zero attached hydrogens (tertiary/aromatic N) is 4. The van der Waals surface area contributed by atoms with Crippen LogP contribution in [0.2, 0.25) is 0 Å². The van der Waals surface area contributed by atoms with Crippen molar-refractivity contribution in [3.63, 3.8) is 0 Å². The zero-order chi connectivity index (χ0) is 18.8. The van der Waals surface area contributed by atoms with Crippen molar-refractivity contribution in [3.8, 4) is 11.5 Å². The number of halogens is 2. The van der Waals surface area contributed by atoms with E-state index in [9.17, 15) is 13.6 Å². The SMILES string of the molecule is O=C(CSc1nnc2ccc(-c3ccco3)nn12)Nc1ccc(F)c(F)c1. The highest BCUT2D eigenvalue weighted by Crippen LogP contribution is 2.21. The maximum Gasteiger partial charge on any atom is 0.234 e. The lowest BCUT2D eigenvalue weighted by Crippen LogP contribution is -2.14. The minimum atomic E-state index is -1.03. The van der Waals surface area contributed by atoms with E-state index in [1.54, 1.807) is 30.5 Å². The van der Waals surface area contributed by atoms with E-state index in [-0.39, 0.29) is 11.4 Å². The van der Waals surface area contributed by atoms with Crippen molar-refractivity contribution in [2.75, 3.05) is 11.1 Å². The summed E-state index contributed by atoms with van der Waals surface area (Å²) < 4.78 is 33.0. The fourth-order valence-electron chi connectivity index (χ4n) is 2.32. The molecule has 0 fully saturated rings. The van der Waals surface area contributed by atoms with Gasteiger partial charge in [-0.1, -0.05) is 11.8 Å². The van der Waals surface area contributed by atoms with Crippen LogP contribution in [0.5, 0.6) is 0 Å². The average molecular weight is 387 g/mol. The number of aromatic nitrogens is 4. The molecule has 10 heteroatoms. The minimum Gasteiger partial charge on any atom is -0.463 e. The minimum absolute atomic E-state index is 0.00749. The number of carbonyl (C=O) groups is 1. The highest BCUT2D eigenvalue weighted by molar-refractivity contribution is 7.99. The molecule has 1 aromatic carbocycles. The molecule has 136 valence electrons. The van der Waals surface area contributed by atoms with Gasteiger partial charge in [0.2, 0.25) is 11.1 Å². The van der Waals surface area contributed by atoms with Crippen molar-refractivity contribution in [1.29, 1.82) is 0 Å². The number of amides is 1. The first-order chi connectivity index (χ1) is 13.1. The molecule has 0 saturated heterocycles. The molecule has 0 bridgehead atoms. The van der Waals surface area contributed by atoms with Gasteiger partial charge in [-0.2, -0.15) is 9.61 Å². The summed E-state index contributed by atoms with van der Waals surface area (Å²) >= 11 is 1.11. The molecule has 27 heavy (non-hydrogen) atoms. The third kappa shape index (κ3) is 3.65. The van der Waals surface area contributed by atoms with E-state index in [0.29, 0.717) is 22.3 Å². The van der Waals surface area contributed by atoms with Crippen molar-refractivity contribution in [2.24, 2.45) is 0 Å². The zero-order valence-electron chi connectivity index (χ0n) is 13.6. The average Bonchev–Trinajstić information content (AvgIpc) is 3.32. The molecular weight excluding hydrogens is 376 g/mol. The number of thioether (sulfide) groups is 1. The summed E-state index contributed by atoms with van der Waals surface area (Å²) in [6, 6.07) is 10.2. The van der Waals surface area contributed by atoms with E-state index >= 15 is 0 Å². The monoisotopic (exact) mass is 387 g/mol. The standard InChI is InChI=1S/C17H11F2N5O2S/c18-11-4-3-10(8-12(11)19)20-16(25)9-27-17-22-21-15-6-5-13(23-24(15)17)14-2-1-7-26-14/h1-8H,9H2,(H,20,25). The van der Waals surface area contributed by atoms with Crippen LogP contribution < -0.4 is 5.32 Å². The Morgan fingerprint density at radius 3 is 2.81 bits per heavy atom. The number of furan rings is 1. The van der Waals surface area contributed by atoms with E-state index in [1.165, 1.54) is 10.6 Å². The molecule has 0 saturated carbocycles. The number of rotatable bonds is 5. The lowest BCUT2D eigenvalue weighted by Gasteiger charge is -2.05. The highest BCUT2D eigenvalue weighted by Gasteiger charge is 2.13. The Kier molecular flexibility index (Phi) is 4.55. The first kappa shape index (κ1) is 17.2. The summed E-state index contributed by atoms with van der Waals surface area (Å²) in [4.78, 5) is 12.1. The van der Waals surface area contributed by atoms with Crippen LogP contribution in [0.25, 0.3) is 17.1 Å². The Balaban J connectivity index is 1.47. The third-order valence-corrected chi connectivity index (χ3v) is 4.46. The van der Waals surface area contributed by atoms with Gasteiger partial charge in [-0.15, -0.1) is 10.2 Å². The number of nitrogens with one attached hydrogen (secondary N) is 1. The predicted molar refractivity (Wildman–Crippen MR) is 94.2 cm³/mol. The van der Waals surface area contributed by atoms with Gasteiger partial charge in [0.05, 0.1) is 12.0 Å². The molecule has 1 N–H and O–H groups in total. The van der Waals surface area contributed by atoms with E-state index in [1.807, 2.05) is 0 Å². The van der Waals surface area contributed by atoms with Crippen molar-refractivity contribution in [1.82, 2.24) is 19.8 Å². The molecule has 0 radical (unpaired) electrons. The second-order valence-electron chi connectivity index (χ2n) is 5.41. The number of hydrogen-bond donors (Lipinski definition) is 1. The van der Waals surface area contributed by atoms with Gasteiger partial charge in [0.25, 0.3) is 0 Å². The molecule has 1 amide bonds. The number of hydrogen-bond acceptors (Lipinski definition) is 6. The van der Waals surface area contributed by atoms with E-state index in [2.05, 4.69) is 20.6 Å². The summed E-state index contributed by atoms with van der Waals surface area (Å²) in [6.45, 7) is 0. The van der Waals surface area contributed by atoms with Gasteiger partial charge in [-0.25, -0.2) is 8.78 Å². The van der Waals surface area contributed by atoms with E-state index in [4.69, 9.17) is 4.42 Å². The van der Waals surface area contributed by atoms with Crippen molar-refractivity contribution < 1.29 is 18.0 Å². The van der Waals surface area contributed by atoms with Crippen LogP contribution in [0.1, 0.15) is 0 Å². The highest BCUT2D eigenvalue weighted by atomic mass is 32.2. The van der Waals surface area contributed by atoms with Gasteiger partial charge in [-0.05, 0) is 36.4 Å². The largest absolute Gasteiger partial charge is 0.463 e. The topological polar surface area (TPSA) is 85.3 Å². The van der Waals surface area contributed by atoms with Crippen LogP contribution in [0, 0.1) is 11.6 Å². The fraction of sp³-hybridized carbons (Fsp3) is 0.0588. The number of anilines is 1. The first-order valence-corrected chi connectivity index (χ1v) is 8.73. The summed E-state index contributed by atoms with van der Waals surface area (Å²) in [5.41, 5.74) is 1.29. The van der Waals surface area contributed by atoms with Crippen LogP contribution in [0.15, 0.2) is 58.3 Å². The molecule has 0 aliphatic carbocycles. The molecule has 7 nitrogen and oxygen atoms in total. The third-order valence-electron chi connectivity index (χ3n) is 3.54. The zero-order valence-corrected chi connectivity index (χ0v) is 14.4. The van der Waals surface area contributed by atoms with Gasteiger partial charge < -0.3 is 9.73 Å². The smallest absolute Gasteiger partial charge is 0.234 e. The molecule has 0 atom stereocenters. The molecule has 3 heterocycles. The molecule has 0 aliphatic heterocycles. The normalized spacial score (nSPS) is 11.0.